The second-order valence-corrected chi connectivity index (χ2v) is 11.3. The van der Waals surface area contributed by atoms with Gasteiger partial charge in [-0.25, -0.2) is 27.0 Å². The highest BCUT2D eigenvalue weighted by Gasteiger charge is 2.20. The zero-order valence-corrected chi connectivity index (χ0v) is 21.2. The number of hydrogen-bond acceptors (Lipinski definition) is 5. The summed E-state index contributed by atoms with van der Waals surface area (Å²) in [6.45, 7) is 5.97. The van der Waals surface area contributed by atoms with Gasteiger partial charge in [0.05, 0.1) is 28.2 Å². The molecule has 0 aliphatic rings. The fraction of sp³-hybridized carbons (Fsp3) is 0.360. The first kappa shape index (κ1) is 26.3. The van der Waals surface area contributed by atoms with Crippen molar-refractivity contribution in [2.45, 2.75) is 51.3 Å². The van der Waals surface area contributed by atoms with Gasteiger partial charge in [0.25, 0.3) is 0 Å². The SMILES string of the molecule is Cc1c(-c2cccc(S(C)(=O)=O)c2)c2nc(CF)ccc2n1C/C(F)=C/COC(=O)NC(C)(C)C. The molecule has 0 saturated carbocycles. The zero-order valence-electron chi connectivity index (χ0n) is 20.4. The number of nitrogens with zero attached hydrogens (tertiary/aromatic N) is 2. The van der Waals surface area contributed by atoms with Gasteiger partial charge in [-0.3, -0.25) is 0 Å². The van der Waals surface area contributed by atoms with E-state index in [1.54, 1.807) is 50.5 Å². The largest absolute Gasteiger partial charge is 0.445 e. The number of ether oxygens (including phenoxy) is 1. The van der Waals surface area contributed by atoms with Crippen LogP contribution in [0.25, 0.3) is 22.2 Å². The average Bonchev–Trinajstić information content (AvgIpc) is 3.02. The average molecular weight is 506 g/mol. The van der Waals surface area contributed by atoms with Crippen LogP contribution in [0.2, 0.25) is 0 Å². The summed E-state index contributed by atoms with van der Waals surface area (Å²) >= 11 is 0. The van der Waals surface area contributed by atoms with Crippen LogP contribution >= 0.6 is 0 Å². The van der Waals surface area contributed by atoms with E-state index in [1.807, 2.05) is 0 Å². The van der Waals surface area contributed by atoms with Crippen LogP contribution in [0.1, 0.15) is 32.2 Å². The third-order valence-electron chi connectivity index (χ3n) is 5.22. The fourth-order valence-electron chi connectivity index (χ4n) is 3.65. The maximum absolute atomic E-state index is 14.8. The van der Waals surface area contributed by atoms with Crippen LogP contribution < -0.4 is 5.32 Å². The van der Waals surface area contributed by atoms with Crippen molar-refractivity contribution in [2.75, 3.05) is 12.9 Å². The van der Waals surface area contributed by atoms with Crippen molar-refractivity contribution < 1.29 is 26.7 Å². The lowest BCUT2D eigenvalue weighted by molar-refractivity contribution is 0.148. The predicted molar refractivity (Wildman–Crippen MR) is 131 cm³/mol. The molecule has 0 spiro atoms. The van der Waals surface area contributed by atoms with Crippen LogP contribution in [0.4, 0.5) is 13.6 Å². The van der Waals surface area contributed by atoms with Crippen LogP contribution in [0.3, 0.4) is 0 Å². The zero-order chi connectivity index (χ0) is 26.0. The highest BCUT2D eigenvalue weighted by Crippen LogP contribution is 2.35. The van der Waals surface area contributed by atoms with Gasteiger partial charge in [0.15, 0.2) is 9.84 Å². The number of nitrogens with one attached hydrogen (secondary N) is 1. The van der Waals surface area contributed by atoms with Crippen LogP contribution in [-0.2, 0) is 27.8 Å². The van der Waals surface area contributed by atoms with Crippen molar-refractivity contribution >= 4 is 27.0 Å². The number of sulfone groups is 1. The highest BCUT2D eigenvalue weighted by atomic mass is 32.2. The van der Waals surface area contributed by atoms with Crippen molar-refractivity contribution in [2.24, 2.45) is 0 Å². The van der Waals surface area contributed by atoms with E-state index in [0.717, 1.165) is 6.26 Å². The van der Waals surface area contributed by atoms with E-state index >= 15 is 0 Å². The minimum Gasteiger partial charge on any atom is -0.445 e. The van der Waals surface area contributed by atoms with Crippen molar-refractivity contribution in [3.8, 4) is 11.1 Å². The maximum atomic E-state index is 14.8. The normalized spacial score (nSPS) is 12.7. The topological polar surface area (TPSA) is 90.3 Å². The second-order valence-electron chi connectivity index (χ2n) is 9.27. The van der Waals surface area contributed by atoms with Crippen LogP contribution in [-0.4, -0.2) is 42.5 Å². The molecule has 2 heterocycles. The number of aromatic nitrogens is 2. The number of alkyl carbamates (subject to hydrolysis) is 1. The number of amides is 1. The van der Waals surface area contributed by atoms with Gasteiger partial charge < -0.3 is 14.6 Å². The van der Waals surface area contributed by atoms with Gasteiger partial charge in [0, 0.05) is 23.1 Å². The lowest BCUT2D eigenvalue weighted by atomic mass is 10.1. The summed E-state index contributed by atoms with van der Waals surface area (Å²) in [5, 5.41) is 2.62. The quantitative estimate of drug-likeness (QED) is 0.473. The summed E-state index contributed by atoms with van der Waals surface area (Å²) in [6, 6.07) is 9.56. The van der Waals surface area contributed by atoms with Gasteiger partial charge in [0.1, 0.15) is 19.1 Å². The molecular weight excluding hydrogens is 476 g/mol. The molecule has 1 amide bonds. The third-order valence-corrected chi connectivity index (χ3v) is 6.33. The Morgan fingerprint density at radius 3 is 2.57 bits per heavy atom. The van der Waals surface area contributed by atoms with Crippen molar-refractivity contribution in [3.05, 3.63) is 59.7 Å². The van der Waals surface area contributed by atoms with Gasteiger partial charge in [-0.1, -0.05) is 12.1 Å². The number of pyridine rings is 1. The Kier molecular flexibility index (Phi) is 7.64. The molecule has 0 atom stereocenters. The summed E-state index contributed by atoms with van der Waals surface area (Å²) in [5.41, 5.74) is 2.54. The minimum atomic E-state index is -3.46. The number of benzene rings is 1. The first-order valence-electron chi connectivity index (χ1n) is 10.9. The molecule has 1 aromatic carbocycles. The van der Waals surface area contributed by atoms with E-state index < -0.39 is 34.0 Å². The molecule has 0 radical (unpaired) electrons. The molecule has 0 saturated heterocycles. The summed E-state index contributed by atoms with van der Waals surface area (Å²) in [7, 11) is -3.46. The van der Waals surface area contributed by atoms with E-state index in [1.165, 1.54) is 24.3 Å². The smallest absolute Gasteiger partial charge is 0.407 e. The van der Waals surface area contributed by atoms with E-state index in [9.17, 15) is 22.0 Å². The fourth-order valence-corrected chi connectivity index (χ4v) is 4.32. The van der Waals surface area contributed by atoms with E-state index in [4.69, 9.17) is 4.74 Å². The number of fused-ring (bicyclic) bond motifs is 1. The third kappa shape index (κ3) is 6.45. The Hall–Kier alpha value is -3.27. The lowest BCUT2D eigenvalue weighted by Gasteiger charge is -2.19. The lowest BCUT2D eigenvalue weighted by Crippen LogP contribution is -2.40. The summed E-state index contributed by atoms with van der Waals surface area (Å²) < 4.78 is 59.0. The van der Waals surface area contributed by atoms with Gasteiger partial charge in [0.2, 0.25) is 0 Å². The summed E-state index contributed by atoms with van der Waals surface area (Å²) in [6.07, 6.45) is 1.63. The summed E-state index contributed by atoms with van der Waals surface area (Å²) in [5.74, 6) is -0.542. The first-order chi connectivity index (χ1) is 16.3. The number of halogens is 2. The second kappa shape index (κ2) is 10.2. The van der Waals surface area contributed by atoms with Gasteiger partial charge >= 0.3 is 6.09 Å². The predicted octanol–water partition coefficient (Wildman–Crippen LogP) is 5.26. The summed E-state index contributed by atoms with van der Waals surface area (Å²) in [4.78, 5) is 16.3. The number of allylic oxidation sites excluding steroid dienone is 1. The van der Waals surface area contributed by atoms with Gasteiger partial charge in [-0.05, 0) is 63.6 Å². The molecule has 10 heteroatoms. The molecule has 7 nitrogen and oxygen atoms in total. The first-order valence-corrected chi connectivity index (χ1v) is 12.8. The minimum absolute atomic E-state index is 0.133. The van der Waals surface area contributed by atoms with E-state index in [2.05, 4.69) is 10.3 Å². The molecule has 1 N–H and O–H groups in total. The molecule has 0 bridgehead atoms. The van der Waals surface area contributed by atoms with Crippen molar-refractivity contribution in [3.63, 3.8) is 0 Å². The van der Waals surface area contributed by atoms with E-state index in [0.29, 0.717) is 27.9 Å². The van der Waals surface area contributed by atoms with Gasteiger partial charge in [-0.2, -0.15) is 0 Å². The molecule has 0 aliphatic heterocycles. The van der Waals surface area contributed by atoms with Crippen molar-refractivity contribution in [1.82, 2.24) is 14.9 Å². The molecular formula is C25H29F2N3O4S. The molecule has 0 fully saturated rings. The Balaban J connectivity index is 1.99. The molecule has 2 aromatic heterocycles. The van der Waals surface area contributed by atoms with Crippen molar-refractivity contribution in [1.29, 1.82) is 0 Å². The van der Waals surface area contributed by atoms with Crippen LogP contribution in [0, 0.1) is 6.92 Å². The maximum Gasteiger partial charge on any atom is 0.407 e. The number of carbonyl (C=O) groups excluding carboxylic acids is 1. The van der Waals surface area contributed by atoms with Crippen LogP contribution in [0.15, 0.2) is 53.2 Å². The molecule has 3 rings (SSSR count). The molecule has 188 valence electrons. The molecule has 0 aliphatic carbocycles. The number of hydrogen-bond donors (Lipinski definition) is 1. The standard InChI is InChI=1S/C25H29F2N3O4S/c1-16-22(17-7-6-8-20(13-17)35(5,32)33)23-21(10-9-19(14-26)28-23)30(16)15-18(27)11-12-34-24(31)29-25(2,3)4/h6-11,13H,12,14-15H2,1-5H3,(H,29,31)/b18-11-. The number of rotatable bonds is 7. The van der Waals surface area contributed by atoms with E-state index in [-0.39, 0.29) is 23.7 Å². The molecule has 0 unspecified atom stereocenters. The van der Waals surface area contributed by atoms with Crippen LogP contribution in [0.5, 0.6) is 0 Å². The number of carbonyl (C=O) groups is 1. The monoisotopic (exact) mass is 505 g/mol. The number of alkyl halides is 1. The molecule has 35 heavy (non-hydrogen) atoms. The molecule has 3 aromatic rings. The Morgan fingerprint density at radius 2 is 1.94 bits per heavy atom. The Bertz CT molecular complexity index is 1390. The highest BCUT2D eigenvalue weighted by molar-refractivity contribution is 7.90. The Morgan fingerprint density at radius 1 is 1.23 bits per heavy atom. The Labute approximate surface area is 203 Å². The van der Waals surface area contributed by atoms with Gasteiger partial charge in [-0.15, -0.1) is 0 Å².